The summed E-state index contributed by atoms with van der Waals surface area (Å²) in [6.45, 7) is 4.46. The molecule has 2 aromatic rings. The third-order valence-corrected chi connectivity index (χ3v) is 4.55. The lowest BCUT2D eigenvalue weighted by Gasteiger charge is -2.24. The first-order chi connectivity index (χ1) is 12.6. The average Bonchev–Trinajstić information content (AvgIpc) is 3.18. The van der Waals surface area contributed by atoms with Gasteiger partial charge in [0.05, 0.1) is 6.33 Å². The summed E-state index contributed by atoms with van der Waals surface area (Å²) in [5, 5.41) is 20.9. The minimum Gasteiger partial charge on any atom is -0.387 e. The van der Waals surface area contributed by atoms with Crippen LogP contribution in [0.1, 0.15) is 13.2 Å². The number of likely N-dealkylation sites (N-methyl/N-ethyl adjacent to an activating group) is 1. The first-order valence-electron chi connectivity index (χ1n) is 8.58. The molecule has 0 spiro atoms. The highest BCUT2D eigenvalue weighted by molar-refractivity contribution is 5.81. The molecule has 1 aliphatic rings. The minimum atomic E-state index is -1.10. The average molecular weight is 363 g/mol. The van der Waals surface area contributed by atoms with Crippen LogP contribution in [0, 0.1) is 0 Å². The van der Waals surface area contributed by atoms with Gasteiger partial charge in [-0.2, -0.15) is 0 Å². The molecule has 2 aromatic heterocycles. The summed E-state index contributed by atoms with van der Waals surface area (Å²) in [5.41, 5.74) is 12.1. The van der Waals surface area contributed by atoms with Gasteiger partial charge in [-0.05, 0) is 6.54 Å². The number of ether oxygens (including phenoxy) is 1. The monoisotopic (exact) mass is 363 g/mol. The zero-order valence-electron chi connectivity index (χ0n) is 14.6. The molecule has 1 saturated heterocycles. The minimum absolute atomic E-state index is 0.252. The Morgan fingerprint density at radius 1 is 1.27 bits per heavy atom. The Labute approximate surface area is 151 Å². The molecule has 10 nitrogen and oxygen atoms in total. The number of anilines is 1. The van der Waals surface area contributed by atoms with Crippen molar-refractivity contribution in [3.05, 3.63) is 24.8 Å². The molecule has 0 radical (unpaired) electrons. The van der Waals surface area contributed by atoms with Crippen molar-refractivity contribution in [3.63, 3.8) is 0 Å². The molecule has 10 heteroatoms. The van der Waals surface area contributed by atoms with Crippen molar-refractivity contribution in [3.8, 4) is 0 Å². The fourth-order valence-corrected chi connectivity index (χ4v) is 3.07. The predicted octanol–water partition coefficient (Wildman–Crippen LogP) is -1.14. The number of fused-ring (bicyclic) bond motifs is 1. The number of nitrogens with zero attached hydrogens (tertiary/aromatic N) is 5. The van der Waals surface area contributed by atoms with Crippen LogP contribution in [-0.4, -0.2) is 79.1 Å². The number of imidazole rings is 1. The van der Waals surface area contributed by atoms with Crippen molar-refractivity contribution in [2.45, 2.75) is 31.5 Å². The number of nitrogen functional groups attached to an aromatic ring is 1. The highest BCUT2D eigenvalue weighted by atomic mass is 16.6. The molecule has 1 fully saturated rings. The van der Waals surface area contributed by atoms with Crippen LogP contribution in [0.15, 0.2) is 24.8 Å². The Bertz CT molecular complexity index is 765. The fourth-order valence-electron chi connectivity index (χ4n) is 3.07. The van der Waals surface area contributed by atoms with Crippen molar-refractivity contribution in [1.29, 1.82) is 0 Å². The van der Waals surface area contributed by atoms with Gasteiger partial charge in [0.25, 0.3) is 0 Å². The van der Waals surface area contributed by atoms with Crippen molar-refractivity contribution < 1.29 is 14.9 Å². The van der Waals surface area contributed by atoms with Gasteiger partial charge >= 0.3 is 0 Å². The van der Waals surface area contributed by atoms with Crippen molar-refractivity contribution in [1.82, 2.24) is 24.4 Å². The Morgan fingerprint density at radius 2 is 2.08 bits per heavy atom. The standard InChI is InChI=1S/C16H25N7O3/c1-2-22(6-4-3-5-17)7-10-12(24)13(25)16(26-10)23-9-21-11-14(18)19-8-20-15(11)23/h3-4,8-10,12-13,16,24-25H,2,5-7,17H2,1H3,(H2,18,19,20)/b4-3-/t10-,12?,13?,16-/m1/s1. The van der Waals surface area contributed by atoms with E-state index < -0.39 is 24.5 Å². The van der Waals surface area contributed by atoms with Gasteiger partial charge in [-0.15, -0.1) is 0 Å². The van der Waals surface area contributed by atoms with E-state index in [1.807, 2.05) is 19.1 Å². The summed E-state index contributed by atoms with van der Waals surface area (Å²) in [6, 6.07) is 0. The van der Waals surface area contributed by atoms with Gasteiger partial charge in [-0.3, -0.25) is 9.47 Å². The van der Waals surface area contributed by atoms with E-state index in [1.54, 1.807) is 4.57 Å². The molecule has 0 aliphatic carbocycles. The SMILES string of the molecule is CCN(C/C=C\CN)C[C@H]1O[C@@H](n2cnc3c(N)ncnc32)C(O)C1O. The first kappa shape index (κ1) is 18.7. The number of aliphatic hydroxyl groups excluding tert-OH is 2. The largest absolute Gasteiger partial charge is 0.387 e. The molecular weight excluding hydrogens is 338 g/mol. The maximum atomic E-state index is 10.5. The summed E-state index contributed by atoms with van der Waals surface area (Å²) in [7, 11) is 0. The first-order valence-corrected chi connectivity index (χ1v) is 8.58. The normalized spacial score (nSPS) is 26.5. The molecule has 0 aromatic carbocycles. The summed E-state index contributed by atoms with van der Waals surface area (Å²) < 4.78 is 7.52. The van der Waals surface area contributed by atoms with Crippen LogP contribution in [0.25, 0.3) is 11.2 Å². The van der Waals surface area contributed by atoms with Gasteiger partial charge in [0.2, 0.25) is 0 Å². The second kappa shape index (κ2) is 8.06. The van der Waals surface area contributed by atoms with Crippen LogP contribution in [0.2, 0.25) is 0 Å². The zero-order chi connectivity index (χ0) is 18.7. The molecule has 0 saturated carbocycles. The van der Waals surface area contributed by atoms with Crippen molar-refractivity contribution >= 4 is 17.0 Å². The number of hydrogen-bond donors (Lipinski definition) is 4. The third kappa shape index (κ3) is 3.55. The van der Waals surface area contributed by atoms with Crippen LogP contribution >= 0.6 is 0 Å². The van der Waals surface area contributed by atoms with Gasteiger partial charge in [0, 0.05) is 19.6 Å². The van der Waals surface area contributed by atoms with E-state index in [0.717, 1.165) is 6.54 Å². The Hall–Kier alpha value is -2.11. The second-order valence-electron chi connectivity index (χ2n) is 6.19. The molecular formula is C16H25N7O3. The summed E-state index contributed by atoms with van der Waals surface area (Å²) >= 11 is 0. The Kier molecular flexibility index (Phi) is 5.79. The number of nitrogens with two attached hydrogens (primary N) is 2. The van der Waals surface area contributed by atoms with Crippen molar-refractivity contribution in [2.75, 3.05) is 31.9 Å². The number of hydrogen-bond acceptors (Lipinski definition) is 9. The maximum absolute atomic E-state index is 10.5. The van der Waals surface area contributed by atoms with Crippen LogP contribution in [-0.2, 0) is 4.74 Å². The van der Waals surface area contributed by atoms with E-state index in [2.05, 4.69) is 19.9 Å². The molecule has 26 heavy (non-hydrogen) atoms. The molecule has 6 N–H and O–H groups in total. The number of aromatic nitrogens is 4. The third-order valence-electron chi connectivity index (χ3n) is 4.55. The molecule has 142 valence electrons. The fraction of sp³-hybridized carbons (Fsp3) is 0.562. The molecule has 3 heterocycles. The number of rotatable bonds is 7. The molecule has 0 bridgehead atoms. The van der Waals surface area contributed by atoms with E-state index in [0.29, 0.717) is 30.8 Å². The lowest BCUT2D eigenvalue weighted by atomic mass is 10.1. The van der Waals surface area contributed by atoms with E-state index in [-0.39, 0.29) is 5.82 Å². The van der Waals surface area contributed by atoms with E-state index in [1.165, 1.54) is 12.7 Å². The summed E-state index contributed by atoms with van der Waals surface area (Å²) in [6.07, 6.45) is 3.20. The van der Waals surface area contributed by atoms with E-state index in [4.69, 9.17) is 16.2 Å². The topological polar surface area (TPSA) is 149 Å². The van der Waals surface area contributed by atoms with Gasteiger partial charge in [-0.25, -0.2) is 15.0 Å². The highest BCUT2D eigenvalue weighted by Gasteiger charge is 2.44. The molecule has 2 unspecified atom stereocenters. The molecule has 0 amide bonds. The van der Waals surface area contributed by atoms with Crippen LogP contribution in [0.5, 0.6) is 0 Å². The molecule has 1 aliphatic heterocycles. The quantitative estimate of drug-likeness (QED) is 0.448. The smallest absolute Gasteiger partial charge is 0.167 e. The molecule has 3 rings (SSSR count). The van der Waals surface area contributed by atoms with Gasteiger partial charge in [0.15, 0.2) is 17.7 Å². The van der Waals surface area contributed by atoms with E-state index >= 15 is 0 Å². The summed E-state index contributed by atoms with van der Waals surface area (Å²) in [4.78, 5) is 14.3. The second-order valence-corrected chi connectivity index (χ2v) is 6.19. The Balaban J connectivity index is 1.76. The van der Waals surface area contributed by atoms with Gasteiger partial charge in [-0.1, -0.05) is 19.1 Å². The highest BCUT2D eigenvalue weighted by Crippen LogP contribution is 2.32. The zero-order valence-corrected chi connectivity index (χ0v) is 14.6. The van der Waals surface area contributed by atoms with Gasteiger partial charge in [0.1, 0.15) is 30.2 Å². The van der Waals surface area contributed by atoms with Crippen LogP contribution in [0.3, 0.4) is 0 Å². The predicted molar refractivity (Wildman–Crippen MR) is 96.0 cm³/mol. The lowest BCUT2D eigenvalue weighted by Crippen LogP contribution is -2.40. The van der Waals surface area contributed by atoms with Gasteiger partial charge < -0.3 is 26.4 Å². The maximum Gasteiger partial charge on any atom is 0.167 e. The molecule has 4 atom stereocenters. The number of aliphatic hydroxyl groups is 2. The summed E-state index contributed by atoms with van der Waals surface area (Å²) in [5.74, 6) is 0.252. The Morgan fingerprint density at radius 3 is 2.81 bits per heavy atom. The van der Waals surface area contributed by atoms with E-state index in [9.17, 15) is 10.2 Å². The lowest BCUT2D eigenvalue weighted by molar-refractivity contribution is -0.0429. The van der Waals surface area contributed by atoms with Crippen molar-refractivity contribution in [2.24, 2.45) is 5.73 Å². The van der Waals surface area contributed by atoms with Crippen LogP contribution in [0.4, 0.5) is 5.82 Å². The van der Waals surface area contributed by atoms with Crippen LogP contribution < -0.4 is 11.5 Å².